The molecule has 0 atom stereocenters. The van der Waals surface area contributed by atoms with E-state index in [0.717, 1.165) is 41.6 Å². The summed E-state index contributed by atoms with van der Waals surface area (Å²) in [6, 6.07) is 13.5. The van der Waals surface area contributed by atoms with Crippen LogP contribution >= 0.6 is 0 Å². The Morgan fingerprint density at radius 1 is 1.03 bits per heavy atom. The number of amides is 1. The summed E-state index contributed by atoms with van der Waals surface area (Å²) in [5.41, 5.74) is 2.90. The second-order valence-corrected chi connectivity index (χ2v) is 6.75. The van der Waals surface area contributed by atoms with Crippen LogP contribution in [0.25, 0.3) is 0 Å². The first-order valence-corrected chi connectivity index (χ1v) is 9.91. The second kappa shape index (κ2) is 10.4. The fourth-order valence-corrected chi connectivity index (χ4v) is 2.98. The Hall–Kier alpha value is -3.22. The van der Waals surface area contributed by atoms with Crippen molar-refractivity contribution in [1.82, 2.24) is 16.0 Å². The van der Waals surface area contributed by atoms with Crippen LogP contribution in [0.2, 0.25) is 0 Å². The van der Waals surface area contributed by atoms with Crippen molar-refractivity contribution in [2.24, 2.45) is 4.99 Å². The molecule has 29 heavy (non-hydrogen) atoms. The van der Waals surface area contributed by atoms with Crippen LogP contribution in [0, 0.1) is 6.92 Å². The molecule has 1 amide bonds. The maximum absolute atomic E-state index is 12.2. The molecular formula is C22H28N4O3. The number of carbonyl (C=O) groups is 1. The highest BCUT2D eigenvalue weighted by molar-refractivity contribution is 5.94. The van der Waals surface area contributed by atoms with Gasteiger partial charge in [-0.15, -0.1) is 0 Å². The van der Waals surface area contributed by atoms with Crippen LogP contribution in [-0.2, 0) is 6.42 Å². The van der Waals surface area contributed by atoms with Gasteiger partial charge in [-0.1, -0.05) is 23.8 Å². The fraction of sp³-hybridized carbons (Fsp3) is 0.364. The minimum absolute atomic E-state index is 0.0692. The Morgan fingerprint density at radius 2 is 1.86 bits per heavy atom. The zero-order valence-corrected chi connectivity index (χ0v) is 17.0. The van der Waals surface area contributed by atoms with Gasteiger partial charge in [0.25, 0.3) is 5.91 Å². The first kappa shape index (κ1) is 20.5. The maximum Gasteiger partial charge on any atom is 0.251 e. The van der Waals surface area contributed by atoms with E-state index in [-0.39, 0.29) is 12.7 Å². The van der Waals surface area contributed by atoms with Gasteiger partial charge in [-0.2, -0.15) is 0 Å². The molecule has 0 saturated carbocycles. The Kier molecular flexibility index (Phi) is 7.33. The molecule has 0 aliphatic carbocycles. The minimum atomic E-state index is -0.0692. The van der Waals surface area contributed by atoms with Gasteiger partial charge in [0.1, 0.15) is 0 Å². The van der Waals surface area contributed by atoms with Crippen LogP contribution in [0.5, 0.6) is 11.5 Å². The average Bonchev–Trinajstić information content (AvgIpc) is 3.19. The molecule has 0 saturated heterocycles. The molecule has 0 bridgehead atoms. The molecule has 0 radical (unpaired) electrons. The number of aryl methyl sites for hydroxylation is 1. The van der Waals surface area contributed by atoms with E-state index in [1.165, 1.54) is 0 Å². The van der Waals surface area contributed by atoms with E-state index in [0.29, 0.717) is 25.2 Å². The smallest absolute Gasteiger partial charge is 0.251 e. The maximum atomic E-state index is 12.2. The molecule has 0 fully saturated rings. The van der Waals surface area contributed by atoms with Gasteiger partial charge >= 0.3 is 0 Å². The van der Waals surface area contributed by atoms with E-state index in [2.05, 4.69) is 20.9 Å². The lowest BCUT2D eigenvalue weighted by atomic mass is 10.1. The number of ether oxygens (including phenoxy) is 2. The van der Waals surface area contributed by atoms with E-state index in [1.807, 2.05) is 56.3 Å². The zero-order valence-electron chi connectivity index (χ0n) is 17.0. The number of guanidine groups is 1. The summed E-state index contributed by atoms with van der Waals surface area (Å²) in [7, 11) is 0. The Morgan fingerprint density at radius 3 is 2.69 bits per heavy atom. The van der Waals surface area contributed by atoms with Crippen LogP contribution in [0.15, 0.2) is 47.5 Å². The number of hydrogen-bond acceptors (Lipinski definition) is 4. The summed E-state index contributed by atoms with van der Waals surface area (Å²) >= 11 is 0. The van der Waals surface area contributed by atoms with Crippen LogP contribution in [0.4, 0.5) is 0 Å². The number of hydrogen-bond donors (Lipinski definition) is 3. The van der Waals surface area contributed by atoms with E-state index >= 15 is 0 Å². The topological polar surface area (TPSA) is 84.0 Å². The van der Waals surface area contributed by atoms with Crippen molar-refractivity contribution in [3.05, 3.63) is 59.2 Å². The summed E-state index contributed by atoms with van der Waals surface area (Å²) in [4.78, 5) is 16.8. The molecule has 0 aromatic heterocycles. The predicted molar refractivity (Wildman–Crippen MR) is 114 cm³/mol. The predicted octanol–water partition coefficient (Wildman–Crippen LogP) is 2.25. The largest absolute Gasteiger partial charge is 0.454 e. The zero-order chi connectivity index (χ0) is 20.5. The van der Waals surface area contributed by atoms with Crippen LogP contribution in [0.1, 0.15) is 28.4 Å². The summed E-state index contributed by atoms with van der Waals surface area (Å²) in [5, 5.41) is 9.39. The van der Waals surface area contributed by atoms with E-state index in [1.54, 1.807) is 0 Å². The molecule has 7 heteroatoms. The van der Waals surface area contributed by atoms with Gasteiger partial charge in [0.15, 0.2) is 17.5 Å². The van der Waals surface area contributed by atoms with E-state index in [4.69, 9.17) is 9.47 Å². The molecule has 1 aliphatic rings. The number of rotatable bonds is 8. The molecule has 1 aliphatic heterocycles. The number of carbonyl (C=O) groups excluding carboxylic acids is 1. The SMILES string of the molecule is CCNC(=NCCc1ccc2c(c1)OCO2)NCCNC(=O)c1cccc(C)c1. The average molecular weight is 396 g/mol. The van der Waals surface area contributed by atoms with Gasteiger partial charge in [0, 0.05) is 31.7 Å². The summed E-state index contributed by atoms with van der Waals surface area (Å²) in [5.74, 6) is 2.25. The van der Waals surface area contributed by atoms with Gasteiger partial charge in [-0.3, -0.25) is 9.79 Å². The van der Waals surface area contributed by atoms with Gasteiger partial charge in [-0.25, -0.2) is 0 Å². The highest BCUT2D eigenvalue weighted by Gasteiger charge is 2.12. The molecule has 2 aromatic carbocycles. The highest BCUT2D eigenvalue weighted by Crippen LogP contribution is 2.32. The van der Waals surface area contributed by atoms with Crippen molar-refractivity contribution in [2.45, 2.75) is 20.3 Å². The summed E-state index contributed by atoms with van der Waals surface area (Å²) in [6.07, 6.45) is 0.803. The number of fused-ring (bicyclic) bond motifs is 1. The first-order chi connectivity index (χ1) is 14.2. The molecule has 3 rings (SSSR count). The monoisotopic (exact) mass is 396 g/mol. The Labute approximate surface area is 171 Å². The standard InChI is InChI=1S/C22H28N4O3/c1-3-23-22(25-10-9-17-7-8-19-20(14-17)29-15-28-19)26-12-11-24-21(27)18-6-4-5-16(2)13-18/h4-8,13-14H,3,9-12,15H2,1-2H3,(H,24,27)(H2,23,25,26). The van der Waals surface area contributed by atoms with Gasteiger partial charge in [0.2, 0.25) is 6.79 Å². The van der Waals surface area contributed by atoms with Crippen molar-refractivity contribution in [1.29, 1.82) is 0 Å². The molecule has 0 unspecified atom stereocenters. The second-order valence-electron chi connectivity index (χ2n) is 6.75. The van der Waals surface area contributed by atoms with Crippen LogP contribution in [0.3, 0.4) is 0 Å². The van der Waals surface area contributed by atoms with Gasteiger partial charge in [0.05, 0.1) is 0 Å². The lowest BCUT2D eigenvalue weighted by molar-refractivity contribution is 0.0954. The molecule has 1 heterocycles. The van der Waals surface area contributed by atoms with Crippen molar-refractivity contribution in [3.8, 4) is 11.5 Å². The number of benzene rings is 2. The molecule has 3 N–H and O–H groups in total. The molecule has 154 valence electrons. The highest BCUT2D eigenvalue weighted by atomic mass is 16.7. The van der Waals surface area contributed by atoms with Crippen LogP contribution in [-0.4, -0.2) is 44.8 Å². The number of nitrogens with zero attached hydrogens (tertiary/aromatic N) is 1. The first-order valence-electron chi connectivity index (χ1n) is 9.91. The van der Waals surface area contributed by atoms with Crippen molar-refractivity contribution >= 4 is 11.9 Å². The molecule has 7 nitrogen and oxygen atoms in total. The lowest BCUT2D eigenvalue weighted by Crippen LogP contribution is -2.41. The van der Waals surface area contributed by atoms with Crippen molar-refractivity contribution in [2.75, 3.05) is 33.0 Å². The van der Waals surface area contributed by atoms with E-state index in [9.17, 15) is 4.79 Å². The van der Waals surface area contributed by atoms with Crippen molar-refractivity contribution < 1.29 is 14.3 Å². The lowest BCUT2D eigenvalue weighted by Gasteiger charge is -2.12. The molecule has 0 spiro atoms. The summed E-state index contributed by atoms with van der Waals surface area (Å²) < 4.78 is 10.7. The number of nitrogens with one attached hydrogen (secondary N) is 3. The van der Waals surface area contributed by atoms with E-state index < -0.39 is 0 Å². The summed E-state index contributed by atoms with van der Waals surface area (Å²) in [6.45, 7) is 6.80. The third-order valence-electron chi connectivity index (χ3n) is 4.43. The quantitative estimate of drug-likeness (QED) is 0.362. The number of aliphatic imine (C=N–C) groups is 1. The Bertz CT molecular complexity index is 867. The third kappa shape index (κ3) is 6.14. The fourth-order valence-electron chi connectivity index (χ4n) is 2.98. The minimum Gasteiger partial charge on any atom is -0.454 e. The normalized spacial score (nSPS) is 12.6. The van der Waals surface area contributed by atoms with Gasteiger partial charge < -0.3 is 25.4 Å². The van der Waals surface area contributed by atoms with Gasteiger partial charge in [-0.05, 0) is 50.1 Å². The van der Waals surface area contributed by atoms with Crippen molar-refractivity contribution in [3.63, 3.8) is 0 Å². The van der Waals surface area contributed by atoms with Crippen LogP contribution < -0.4 is 25.4 Å². The Balaban J connectivity index is 1.42. The molecular weight excluding hydrogens is 368 g/mol. The third-order valence-corrected chi connectivity index (χ3v) is 4.43. The molecule has 2 aromatic rings.